The van der Waals surface area contributed by atoms with Gasteiger partial charge in [0.2, 0.25) is 0 Å². The van der Waals surface area contributed by atoms with Gasteiger partial charge in [-0.25, -0.2) is 0 Å². The number of nitrogens with two attached hydrogens (primary N) is 1. The lowest BCUT2D eigenvalue weighted by molar-refractivity contribution is -0.385. The van der Waals surface area contributed by atoms with Crippen molar-refractivity contribution in [2.45, 2.75) is 0 Å². The molecule has 0 aliphatic heterocycles. The minimum absolute atomic E-state index is 0.00593. The summed E-state index contributed by atoms with van der Waals surface area (Å²) in [4.78, 5) is 10.1. The number of benzene rings is 1. The van der Waals surface area contributed by atoms with E-state index in [0.29, 0.717) is 27.8 Å². The molecule has 2 N–H and O–H groups in total. The smallest absolute Gasteiger partial charge is 0.271 e. The largest absolute Gasteiger partial charge is 0.487 e. The molecule has 0 unspecified atom stereocenters. The molecule has 0 saturated heterocycles. The molecule has 92 valence electrons. The lowest BCUT2D eigenvalue weighted by Gasteiger charge is -2.08. The van der Waals surface area contributed by atoms with Gasteiger partial charge in [0.15, 0.2) is 0 Å². The Balaban J connectivity index is 2.86. The molecule has 0 radical (unpaired) electrons. The molecule has 0 aliphatic carbocycles. The molecule has 0 heterocycles. The fraction of sp³-hybridized carbons (Fsp3) is 0.200. The molecule has 1 aromatic carbocycles. The number of nitro groups is 1. The summed E-state index contributed by atoms with van der Waals surface area (Å²) < 4.78 is 6.50. The number of rotatable bonds is 5. The predicted molar refractivity (Wildman–Crippen MR) is 72.2 cm³/mol. The van der Waals surface area contributed by atoms with E-state index >= 15 is 0 Å². The van der Waals surface area contributed by atoms with Gasteiger partial charge in [-0.1, -0.05) is 12.2 Å². The molecular formula is C10H10Br2N2O3. The lowest BCUT2D eigenvalue weighted by Crippen LogP contribution is -1.99. The van der Waals surface area contributed by atoms with Crippen molar-refractivity contribution in [1.29, 1.82) is 0 Å². The van der Waals surface area contributed by atoms with E-state index in [1.165, 1.54) is 12.1 Å². The summed E-state index contributed by atoms with van der Waals surface area (Å²) in [6, 6.07) is 2.79. The highest BCUT2D eigenvalue weighted by molar-refractivity contribution is 9.11. The van der Waals surface area contributed by atoms with Gasteiger partial charge in [-0.05, 0) is 31.9 Å². The van der Waals surface area contributed by atoms with Crippen molar-refractivity contribution in [3.05, 3.63) is 43.3 Å². The van der Waals surface area contributed by atoms with Crippen LogP contribution < -0.4 is 10.5 Å². The molecule has 0 amide bonds. The number of hydrogen-bond donors (Lipinski definition) is 1. The maximum absolute atomic E-state index is 10.6. The van der Waals surface area contributed by atoms with E-state index in [4.69, 9.17) is 10.5 Å². The van der Waals surface area contributed by atoms with Crippen LogP contribution in [0.4, 0.5) is 5.69 Å². The van der Waals surface area contributed by atoms with Gasteiger partial charge in [-0.2, -0.15) is 0 Å². The highest BCUT2D eigenvalue weighted by Gasteiger charge is 2.14. The third-order valence-corrected chi connectivity index (χ3v) is 3.00. The second-order valence-corrected chi connectivity index (χ2v) is 4.72. The Kier molecular flexibility index (Phi) is 5.60. The second-order valence-electron chi connectivity index (χ2n) is 3.01. The average Bonchev–Trinajstić information content (AvgIpc) is 2.26. The van der Waals surface area contributed by atoms with Gasteiger partial charge < -0.3 is 10.5 Å². The summed E-state index contributed by atoms with van der Waals surface area (Å²) >= 11 is 6.45. The van der Waals surface area contributed by atoms with Gasteiger partial charge in [0.1, 0.15) is 12.4 Å². The van der Waals surface area contributed by atoms with Gasteiger partial charge in [0, 0.05) is 18.7 Å². The SMILES string of the molecule is NCC=CCOc1c(Br)cc([N+](=O)[O-])cc1Br. The lowest BCUT2D eigenvalue weighted by atomic mass is 10.3. The molecule has 0 atom stereocenters. The third kappa shape index (κ3) is 4.10. The fourth-order valence-corrected chi connectivity index (χ4v) is 2.48. The van der Waals surface area contributed by atoms with Gasteiger partial charge in [-0.15, -0.1) is 0 Å². The van der Waals surface area contributed by atoms with Crippen LogP contribution in [0.25, 0.3) is 0 Å². The van der Waals surface area contributed by atoms with Gasteiger partial charge in [0.25, 0.3) is 5.69 Å². The summed E-state index contributed by atoms with van der Waals surface area (Å²) in [6.45, 7) is 0.804. The Hall–Kier alpha value is -0.920. The van der Waals surface area contributed by atoms with Crippen molar-refractivity contribution in [2.75, 3.05) is 13.2 Å². The van der Waals surface area contributed by atoms with Crippen LogP contribution in [-0.4, -0.2) is 18.1 Å². The van der Waals surface area contributed by atoms with Crippen molar-refractivity contribution in [3.8, 4) is 5.75 Å². The number of halogens is 2. The van der Waals surface area contributed by atoms with E-state index in [0.717, 1.165) is 0 Å². The summed E-state index contributed by atoms with van der Waals surface area (Å²) in [5.74, 6) is 0.525. The molecule has 1 aromatic rings. The number of hydrogen-bond acceptors (Lipinski definition) is 4. The van der Waals surface area contributed by atoms with E-state index < -0.39 is 4.92 Å². The zero-order chi connectivity index (χ0) is 12.8. The van der Waals surface area contributed by atoms with E-state index in [2.05, 4.69) is 31.9 Å². The Morgan fingerprint density at radius 2 is 1.94 bits per heavy atom. The van der Waals surface area contributed by atoms with Crippen LogP contribution in [0.15, 0.2) is 33.2 Å². The average molecular weight is 366 g/mol. The minimum atomic E-state index is -0.465. The number of nitro benzene ring substituents is 1. The molecule has 1 rings (SSSR count). The highest BCUT2D eigenvalue weighted by atomic mass is 79.9. The van der Waals surface area contributed by atoms with Crippen molar-refractivity contribution < 1.29 is 9.66 Å². The molecular weight excluding hydrogens is 356 g/mol. The molecule has 5 nitrogen and oxygen atoms in total. The first-order chi connectivity index (χ1) is 8.06. The zero-order valence-electron chi connectivity index (χ0n) is 8.73. The van der Waals surface area contributed by atoms with Crippen molar-refractivity contribution in [1.82, 2.24) is 0 Å². The molecule has 0 saturated carbocycles. The molecule has 0 aromatic heterocycles. The van der Waals surface area contributed by atoms with Crippen LogP contribution in [-0.2, 0) is 0 Å². The fourth-order valence-electron chi connectivity index (χ4n) is 1.09. The van der Waals surface area contributed by atoms with Crippen LogP contribution in [0.2, 0.25) is 0 Å². The Morgan fingerprint density at radius 3 is 2.41 bits per heavy atom. The number of non-ortho nitro benzene ring substituents is 1. The van der Waals surface area contributed by atoms with Gasteiger partial charge in [0.05, 0.1) is 13.9 Å². The molecule has 7 heteroatoms. The molecule has 0 fully saturated rings. The van der Waals surface area contributed by atoms with Crippen LogP contribution in [0.1, 0.15) is 0 Å². The molecule has 0 bridgehead atoms. The Labute approximate surface area is 115 Å². The quantitative estimate of drug-likeness (QED) is 0.494. The first-order valence-electron chi connectivity index (χ1n) is 4.67. The maximum Gasteiger partial charge on any atom is 0.271 e. The van der Waals surface area contributed by atoms with E-state index in [1.54, 1.807) is 12.2 Å². The highest BCUT2D eigenvalue weighted by Crippen LogP contribution is 2.37. The Morgan fingerprint density at radius 1 is 1.35 bits per heavy atom. The number of nitrogens with zero attached hydrogens (tertiary/aromatic N) is 1. The summed E-state index contributed by atoms with van der Waals surface area (Å²) in [6.07, 6.45) is 3.55. The third-order valence-electron chi connectivity index (χ3n) is 1.82. The topological polar surface area (TPSA) is 78.4 Å². The molecule has 0 aliphatic rings. The molecule has 0 spiro atoms. The van der Waals surface area contributed by atoms with E-state index in [1.807, 2.05) is 0 Å². The van der Waals surface area contributed by atoms with Crippen LogP contribution in [0.5, 0.6) is 5.75 Å². The summed E-state index contributed by atoms with van der Waals surface area (Å²) in [5, 5.41) is 10.6. The summed E-state index contributed by atoms with van der Waals surface area (Å²) in [7, 11) is 0. The van der Waals surface area contributed by atoms with E-state index in [9.17, 15) is 10.1 Å². The van der Waals surface area contributed by atoms with Crippen molar-refractivity contribution in [2.24, 2.45) is 5.73 Å². The Bertz CT molecular complexity index is 426. The minimum Gasteiger partial charge on any atom is -0.487 e. The first kappa shape index (κ1) is 14.1. The molecule has 17 heavy (non-hydrogen) atoms. The number of ether oxygens (including phenoxy) is 1. The van der Waals surface area contributed by atoms with Gasteiger partial charge >= 0.3 is 0 Å². The normalized spacial score (nSPS) is 10.8. The standard InChI is InChI=1S/C10H10Br2N2O3/c11-8-5-7(14(15)16)6-9(12)10(8)17-4-2-1-3-13/h1-2,5-6H,3-4,13H2. The van der Waals surface area contributed by atoms with Crippen molar-refractivity contribution >= 4 is 37.5 Å². The van der Waals surface area contributed by atoms with Crippen LogP contribution in [0.3, 0.4) is 0 Å². The zero-order valence-corrected chi connectivity index (χ0v) is 11.9. The summed E-state index contributed by atoms with van der Waals surface area (Å²) in [5.41, 5.74) is 5.28. The maximum atomic E-state index is 10.6. The monoisotopic (exact) mass is 364 g/mol. The predicted octanol–water partition coefficient (Wildman–Crippen LogP) is 3.01. The van der Waals surface area contributed by atoms with E-state index in [-0.39, 0.29) is 5.69 Å². The van der Waals surface area contributed by atoms with Crippen LogP contribution >= 0.6 is 31.9 Å². The van der Waals surface area contributed by atoms with Gasteiger partial charge in [-0.3, -0.25) is 10.1 Å². The van der Waals surface area contributed by atoms with Crippen LogP contribution in [0, 0.1) is 10.1 Å². The second kappa shape index (κ2) is 6.73. The van der Waals surface area contributed by atoms with Crippen molar-refractivity contribution in [3.63, 3.8) is 0 Å². The first-order valence-corrected chi connectivity index (χ1v) is 6.26.